The van der Waals surface area contributed by atoms with Gasteiger partial charge in [-0.25, -0.2) is 4.98 Å². The van der Waals surface area contributed by atoms with Crippen LogP contribution in [0.1, 0.15) is 12.6 Å². The Kier molecular flexibility index (Phi) is 2.45. The van der Waals surface area contributed by atoms with Gasteiger partial charge in [-0.05, 0) is 12.1 Å². The van der Waals surface area contributed by atoms with Crippen LogP contribution in [0, 0.1) is 11.3 Å². The molecule has 0 aromatic carbocycles. The lowest BCUT2D eigenvalue weighted by molar-refractivity contribution is -0.114. The molecule has 1 rings (SSSR count). The predicted molar refractivity (Wildman–Crippen MR) is 47.7 cm³/mol. The zero-order valence-corrected chi connectivity index (χ0v) is 7.03. The summed E-state index contributed by atoms with van der Waals surface area (Å²) in [5, 5.41) is 11.0. The first-order chi connectivity index (χ1) is 6.13. The molecule has 0 fully saturated rings. The van der Waals surface area contributed by atoms with Gasteiger partial charge < -0.3 is 11.1 Å². The molecule has 3 N–H and O–H groups in total. The summed E-state index contributed by atoms with van der Waals surface area (Å²) in [5.74, 6) is 0.0967. The van der Waals surface area contributed by atoms with Crippen molar-refractivity contribution in [3.05, 3.63) is 17.8 Å². The van der Waals surface area contributed by atoms with Crippen molar-refractivity contribution < 1.29 is 4.79 Å². The van der Waals surface area contributed by atoms with E-state index in [1.165, 1.54) is 19.1 Å². The summed E-state index contributed by atoms with van der Waals surface area (Å²) in [5.41, 5.74) is 5.85. The highest BCUT2D eigenvalue weighted by Crippen LogP contribution is 2.11. The number of hydrogen-bond acceptors (Lipinski definition) is 4. The molecule has 0 atom stereocenters. The van der Waals surface area contributed by atoms with Crippen LogP contribution in [0.4, 0.5) is 11.5 Å². The molecule has 0 spiro atoms. The highest BCUT2D eigenvalue weighted by molar-refractivity contribution is 5.87. The van der Waals surface area contributed by atoms with Gasteiger partial charge in [0, 0.05) is 6.92 Å². The van der Waals surface area contributed by atoms with Crippen LogP contribution >= 0.6 is 0 Å². The zero-order chi connectivity index (χ0) is 9.84. The lowest BCUT2D eigenvalue weighted by Crippen LogP contribution is -2.08. The van der Waals surface area contributed by atoms with Gasteiger partial charge in [0.25, 0.3) is 0 Å². The molecule has 0 aliphatic carbocycles. The van der Waals surface area contributed by atoms with E-state index in [2.05, 4.69) is 10.3 Å². The first kappa shape index (κ1) is 9.00. The number of nitrogens with zero attached hydrogens (tertiary/aromatic N) is 2. The van der Waals surface area contributed by atoms with Gasteiger partial charge in [-0.15, -0.1) is 0 Å². The van der Waals surface area contributed by atoms with E-state index in [0.29, 0.717) is 11.5 Å². The fourth-order valence-corrected chi connectivity index (χ4v) is 0.809. The largest absolute Gasteiger partial charge is 0.396 e. The standard InChI is InChI=1S/C8H8N4O/c1-5(13)11-8-3-2-6(10)7(4-9)12-8/h2-3H,10H2,1H3,(H,11,12,13). The van der Waals surface area contributed by atoms with Crippen molar-refractivity contribution >= 4 is 17.4 Å². The second-order valence-corrected chi connectivity index (χ2v) is 2.43. The molecule has 0 aliphatic heterocycles. The molecule has 5 nitrogen and oxygen atoms in total. The average molecular weight is 176 g/mol. The lowest BCUT2D eigenvalue weighted by Gasteiger charge is -2.01. The minimum Gasteiger partial charge on any atom is -0.396 e. The molecule has 66 valence electrons. The molecule has 5 heteroatoms. The summed E-state index contributed by atoms with van der Waals surface area (Å²) in [6, 6.07) is 4.89. The van der Waals surface area contributed by atoms with E-state index in [1.807, 2.05) is 6.07 Å². The second-order valence-electron chi connectivity index (χ2n) is 2.43. The van der Waals surface area contributed by atoms with E-state index in [-0.39, 0.29) is 11.6 Å². The van der Waals surface area contributed by atoms with Crippen LogP contribution in [-0.4, -0.2) is 10.9 Å². The topological polar surface area (TPSA) is 91.8 Å². The Labute approximate surface area is 75.2 Å². The van der Waals surface area contributed by atoms with E-state index in [0.717, 1.165) is 0 Å². The number of rotatable bonds is 1. The number of anilines is 2. The molecule has 0 bridgehead atoms. The SMILES string of the molecule is CC(=O)Nc1ccc(N)c(C#N)n1. The van der Waals surface area contributed by atoms with Gasteiger partial charge >= 0.3 is 0 Å². The van der Waals surface area contributed by atoms with E-state index in [4.69, 9.17) is 11.0 Å². The van der Waals surface area contributed by atoms with Gasteiger partial charge in [0.05, 0.1) is 5.69 Å². The lowest BCUT2D eigenvalue weighted by atomic mass is 10.3. The van der Waals surface area contributed by atoms with Gasteiger partial charge in [0.1, 0.15) is 11.9 Å². The Morgan fingerprint density at radius 2 is 2.38 bits per heavy atom. The molecule has 0 unspecified atom stereocenters. The molecule has 0 saturated carbocycles. The molecule has 1 amide bonds. The van der Waals surface area contributed by atoms with Crippen LogP contribution in [0.15, 0.2) is 12.1 Å². The highest BCUT2D eigenvalue weighted by atomic mass is 16.1. The molecular weight excluding hydrogens is 168 g/mol. The smallest absolute Gasteiger partial charge is 0.222 e. The fraction of sp³-hybridized carbons (Fsp3) is 0.125. The van der Waals surface area contributed by atoms with Crippen molar-refractivity contribution in [3.8, 4) is 6.07 Å². The summed E-state index contributed by atoms with van der Waals surface area (Å²) in [6.07, 6.45) is 0. The van der Waals surface area contributed by atoms with Crippen LogP contribution in [0.2, 0.25) is 0 Å². The maximum absolute atomic E-state index is 10.6. The second kappa shape index (κ2) is 3.54. The van der Waals surface area contributed by atoms with Crippen molar-refractivity contribution in [2.24, 2.45) is 0 Å². The zero-order valence-electron chi connectivity index (χ0n) is 7.03. The van der Waals surface area contributed by atoms with Gasteiger partial charge in [0.15, 0.2) is 5.69 Å². The third-order valence-electron chi connectivity index (χ3n) is 1.34. The average Bonchev–Trinajstić information content (AvgIpc) is 2.07. The van der Waals surface area contributed by atoms with E-state index in [9.17, 15) is 4.79 Å². The van der Waals surface area contributed by atoms with Gasteiger partial charge in [-0.2, -0.15) is 5.26 Å². The minimum atomic E-state index is -0.235. The van der Waals surface area contributed by atoms with Crippen molar-refractivity contribution in [3.63, 3.8) is 0 Å². The Bertz CT molecular complexity index is 380. The van der Waals surface area contributed by atoms with Gasteiger partial charge in [-0.3, -0.25) is 4.79 Å². The molecular formula is C8H8N4O. The van der Waals surface area contributed by atoms with Crippen LogP contribution < -0.4 is 11.1 Å². The van der Waals surface area contributed by atoms with Crippen LogP contribution in [0.5, 0.6) is 0 Å². The van der Waals surface area contributed by atoms with E-state index < -0.39 is 0 Å². The Hall–Kier alpha value is -2.09. The number of pyridine rings is 1. The monoisotopic (exact) mass is 176 g/mol. The molecule has 0 aliphatic rings. The number of amides is 1. The van der Waals surface area contributed by atoms with Crippen LogP contribution in [0.3, 0.4) is 0 Å². The number of carbonyl (C=O) groups excluding carboxylic acids is 1. The van der Waals surface area contributed by atoms with Crippen molar-refractivity contribution in [2.45, 2.75) is 6.92 Å². The minimum absolute atomic E-state index is 0.117. The molecule has 13 heavy (non-hydrogen) atoms. The van der Waals surface area contributed by atoms with Gasteiger partial charge in [0.2, 0.25) is 5.91 Å². The Balaban J connectivity index is 3.01. The first-order valence-corrected chi connectivity index (χ1v) is 3.57. The Morgan fingerprint density at radius 1 is 1.69 bits per heavy atom. The predicted octanol–water partition coefficient (Wildman–Crippen LogP) is 0.494. The number of carbonyl (C=O) groups is 1. The highest BCUT2D eigenvalue weighted by Gasteiger charge is 2.02. The third-order valence-corrected chi connectivity index (χ3v) is 1.34. The number of nitriles is 1. The normalized spacial score (nSPS) is 8.92. The quantitative estimate of drug-likeness (QED) is 0.651. The van der Waals surface area contributed by atoms with Crippen LogP contribution in [-0.2, 0) is 4.79 Å². The number of nitrogens with one attached hydrogen (secondary N) is 1. The number of nitrogen functional groups attached to an aromatic ring is 1. The van der Waals surface area contributed by atoms with E-state index >= 15 is 0 Å². The summed E-state index contributed by atoms with van der Waals surface area (Å²) >= 11 is 0. The summed E-state index contributed by atoms with van der Waals surface area (Å²) in [7, 11) is 0. The molecule has 1 aromatic heterocycles. The fourth-order valence-electron chi connectivity index (χ4n) is 0.809. The van der Waals surface area contributed by atoms with E-state index in [1.54, 1.807) is 0 Å². The van der Waals surface area contributed by atoms with Gasteiger partial charge in [-0.1, -0.05) is 0 Å². The van der Waals surface area contributed by atoms with Crippen molar-refractivity contribution in [1.29, 1.82) is 5.26 Å². The summed E-state index contributed by atoms with van der Waals surface area (Å²) in [4.78, 5) is 14.4. The molecule has 1 heterocycles. The first-order valence-electron chi connectivity index (χ1n) is 3.57. The molecule has 0 radical (unpaired) electrons. The van der Waals surface area contributed by atoms with Crippen molar-refractivity contribution in [1.82, 2.24) is 4.98 Å². The Morgan fingerprint density at radius 3 is 2.92 bits per heavy atom. The maximum Gasteiger partial charge on any atom is 0.222 e. The number of nitrogens with two attached hydrogens (primary N) is 1. The number of hydrogen-bond donors (Lipinski definition) is 2. The summed E-state index contributed by atoms with van der Waals surface area (Å²) < 4.78 is 0. The summed E-state index contributed by atoms with van der Waals surface area (Å²) in [6.45, 7) is 1.37. The number of aromatic nitrogens is 1. The van der Waals surface area contributed by atoms with Crippen LogP contribution in [0.25, 0.3) is 0 Å². The third kappa shape index (κ3) is 2.17. The molecule has 1 aromatic rings. The molecule has 0 saturated heterocycles. The maximum atomic E-state index is 10.6. The van der Waals surface area contributed by atoms with Crippen molar-refractivity contribution in [2.75, 3.05) is 11.1 Å².